The summed E-state index contributed by atoms with van der Waals surface area (Å²) in [5, 5.41) is 2.06. The van der Waals surface area contributed by atoms with Crippen LogP contribution in [-0.4, -0.2) is 17.6 Å². The summed E-state index contributed by atoms with van der Waals surface area (Å²) in [6.07, 6.45) is 5.61. The van der Waals surface area contributed by atoms with Crippen molar-refractivity contribution in [3.05, 3.63) is 50.9 Å². The van der Waals surface area contributed by atoms with Crippen molar-refractivity contribution in [3.63, 3.8) is 0 Å². The second kappa shape index (κ2) is 7.88. The van der Waals surface area contributed by atoms with Crippen molar-refractivity contribution in [2.24, 2.45) is 5.73 Å². The van der Waals surface area contributed by atoms with E-state index in [1.165, 1.54) is 10.4 Å². The number of ether oxygens (including phenoxy) is 1. The fraction of sp³-hybridized carbons (Fsp3) is 0.400. The van der Waals surface area contributed by atoms with Gasteiger partial charge in [-0.25, -0.2) is 0 Å². The van der Waals surface area contributed by atoms with E-state index in [0.717, 1.165) is 17.3 Å². The molecular weight excluding hydrogens is 336 g/mol. The van der Waals surface area contributed by atoms with E-state index in [1.54, 1.807) is 11.3 Å². The Morgan fingerprint density at radius 1 is 1.40 bits per heavy atom. The lowest BCUT2D eigenvalue weighted by Gasteiger charge is -2.20. The van der Waals surface area contributed by atoms with Gasteiger partial charge in [0.15, 0.2) is 0 Å². The van der Waals surface area contributed by atoms with Gasteiger partial charge in [-0.3, -0.25) is 4.98 Å². The summed E-state index contributed by atoms with van der Waals surface area (Å²) >= 11 is 5.15. The molecule has 0 aromatic carbocycles. The second-order valence-corrected chi connectivity index (χ2v) is 6.64. The van der Waals surface area contributed by atoms with E-state index in [-0.39, 0.29) is 12.1 Å². The van der Waals surface area contributed by atoms with E-state index in [0.29, 0.717) is 6.61 Å². The monoisotopic (exact) mass is 354 g/mol. The number of pyridine rings is 1. The molecule has 0 aliphatic rings. The Morgan fingerprint density at radius 3 is 2.75 bits per heavy atom. The number of hydrogen-bond donors (Lipinski definition) is 1. The van der Waals surface area contributed by atoms with E-state index >= 15 is 0 Å². The molecule has 0 spiro atoms. The zero-order chi connectivity index (χ0) is 14.4. The first-order valence-corrected chi connectivity index (χ1v) is 8.34. The van der Waals surface area contributed by atoms with Crippen LogP contribution in [-0.2, 0) is 11.2 Å². The molecule has 108 valence electrons. The fourth-order valence-corrected chi connectivity index (χ4v) is 3.61. The highest BCUT2D eigenvalue weighted by Crippen LogP contribution is 2.29. The fourth-order valence-electron chi connectivity index (χ4n) is 2.01. The van der Waals surface area contributed by atoms with Gasteiger partial charge in [-0.2, -0.15) is 0 Å². The third-order valence-electron chi connectivity index (χ3n) is 3.00. The maximum atomic E-state index is 6.03. The maximum Gasteiger partial charge on any atom is 0.106 e. The Morgan fingerprint density at radius 2 is 2.15 bits per heavy atom. The van der Waals surface area contributed by atoms with Crippen LogP contribution in [0, 0.1) is 0 Å². The van der Waals surface area contributed by atoms with Crippen LogP contribution in [0.1, 0.15) is 29.9 Å². The minimum absolute atomic E-state index is 0.0125. The molecule has 5 heteroatoms. The average Bonchev–Trinajstić information content (AvgIpc) is 2.85. The molecule has 2 N–H and O–H groups in total. The highest BCUT2D eigenvalue weighted by atomic mass is 79.9. The van der Waals surface area contributed by atoms with Gasteiger partial charge in [0.05, 0.1) is 0 Å². The lowest BCUT2D eigenvalue weighted by Crippen LogP contribution is -2.26. The third kappa shape index (κ3) is 4.66. The Bertz CT molecular complexity index is 516. The summed E-state index contributed by atoms with van der Waals surface area (Å²) in [5.41, 5.74) is 7.32. The summed E-state index contributed by atoms with van der Waals surface area (Å²) in [6.45, 7) is 2.70. The number of rotatable bonds is 7. The van der Waals surface area contributed by atoms with Gasteiger partial charge in [0.25, 0.3) is 0 Å². The van der Waals surface area contributed by atoms with Crippen LogP contribution in [0.25, 0.3) is 0 Å². The second-order valence-electron chi connectivity index (χ2n) is 4.78. The largest absolute Gasteiger partial charge is 0.371 e. The molecule has 2 rings (SSSR count). The SMILES string of the molecule is CC(N)C(OCCCc1ccncc1)c1cc(Br)cs1. The van der Waals surface area contributed by atoms with Crippen molar-refractivity contribution in [3.8, 4) is 0 Å². The first kappa shape index (κ1) is 15.6. The van der Waals surface area contributed by atoms with Crippen molar-refractivity contribution in [1.82, 2.24) is 4.98 Å². The summed E-state index contributed by atoms with van der Waals surface area (Å²) in [7, 11) is 0. The van der Waals surface area contributed by atoms with Crippen LogP contribution in [0.5, 0.6) is 0 Å². The molecule has 3 nitrogen and oxygen atoms in total. The molecule has 0 bridgehead atoms. The van der Waals surface area contributed by atoms with Gasteiger partial charge in [-0.1, -0.05) is 0 Å². The normalized spacial score (nSPS) is 14.2. The molecule has 2 aromatic rings. The lowest BCUT2D eigenvalue weighted by molar-refractivity contribution is 0.0393. The predicted molar refractivity (Wildman–Crippen MR) is 86.9 cm³/mol. The molecule has 0 aliphatic heterocycles. The first-order chi connectivity index (χ1) is 9.66. The molecule has 2 atom stereocenters. The van der Waals surface area contributed by atoms with Crippen molar-refractivity contribution < 1.29 is 4.74 Å². The topological polar surface area (TPSA) is 48.1 Å². The van der Waals surface area contributed by atoms with E-state index in [1.807, 2.05) is 31.5 Å². The molecule has 2 heterocycles. The van der Waals surface area contributed by atoms with E-state index < -0.39 is 0 Å². The van der Waals surface area contributed by atoms with E-state index in [4.69, 9.17) is 10.5 Å². The molecule has 2 unspecified atom stereocenters. The van der Waals surface area contributed by atoms with Crippen molar-refractivity contribution >= 4 is 27.3 Å². The van der Waals surface area contributed by atoms with Gasteiger partial charge in [0.1, 0.15) is 6.10 Å². The van der Waals surface area contributed by atoms with Gasteiger partial charge >= 0.3 is 0 Å². The van der Waals surface area contributed by atoms with Crippen LogP contribution in [0.2, 0.25) is 0 Å². The van der Waals surface area contributed by atoms with Gasteiger partial charge in [-0.05, 0) is 59.5 Å². The number of thiophene rings is 1. The van der Waals surface area contributed by atoms with Crippen molar-refractivity contribution in [2.75, 3.05) is 6.61 Å². The number of hydrogen-bond acceptors (Lipinski definition) is 4. The maximum absolute atomic E-state index is 6.03. The first-order valence-electron chi connectivity index (χ1n) is 6.67. The molecule has 20 heavy (non-hydrogen) atoms. The van der Waals surface area contributed by atoms with Gasteiger partial charge < -0.3 is 10.5 Å². The zero-order valence-electron chi connectivity index (χ0n) is 11.5. The highest BCUT2D eigenvalue weighted by molar-refractivity contribution is 9.10. The predicted octanol–water partition coefficient (Wildman–Crippen LogP) is 3.94. The minimum Gasteiger partial charge on any atom is -0.371 e. The quantitative estimate of drug-likeness (QED) is 0.766. The number of nitrogens with zero attached hydrogens (tertiary/aromatic N) is 1. The van der Waals surface area contributed by atoms with Crippen LogP contribution >= 0.6 is 27.3 Å². The van der Waals surface area contributed by atoms with Crippen LogP contribution in [0.4, 0.5) is 0 Å². The molecule has 0 saturated carbocycles. The Balaban J connectivity index is 1.81. The van der Waals surface area contributed by atoms with E-state index in [2.05, 4.69) is 32.4 Å². The molecular formula is C15H19BrN2OS. The number of aryl methyl sites for hydroxylation is 1. The van der Waals surface area contributed by atoms with Crippen LogP contribution < -0.4 is 5.73 Å². The molecule has 0 fully saturated rings. The number of halogens is 1. The highest BCUT2D eigenvalue weighted by Gasteiger charge is 2.18. The van der Waals surface area contributed by atoms with Gasteiger partial charge in [0, 0.05) is 39.8 Å². The Labute approximate surface area is 132 Å². The number of nitrogens with two attached hydrogens (primary N) is 1. The molecule has 0 aliphatic carbocycles. The minimum atomic E-state index is -0.0243. The van der Waals surface area contributed by atoms with E-state index in [9.17, 15) is 0 Å². The van der Waals surface area contributed by atoms with Crippen LogP contribution in [0.15, 0.2) is 40.4 Å². The zero-order valence-corrected chi connectivity index (χ0v) is 13.9. The average molecular weight is 355 g/mol. The lowest BCUT2D eigenvalue weighted by atomic mass is 10.1. The number of aromatic nitrogens is 1. The Kier molecular flexibility index (Phi) is 6.16. The molecule has 0 radical (unpaired) electrons. The Hall–Kier alpha value is -0.750. The molecule has 0 amide bonds. The van der Waals surface area contributed by atoms with Crippen LogP contribution in [0.3, 0.4) is 0 Å². The van der Waals surface area contributed by atoms with Crippen molar-refractivity contribution in [1.29, 1.82) is 0 Å². The standard InChI is InChI=1S/C15H19BrN2OS/c1-11(17)15(14-9-13(16)10-20-14)19-8-2-3-12-4-6-18-7-5-12/h4-7,9-11,15H,2-3,8,17H2,1H3. The van der Waals surface area contributed by atoms with Crippen molar-refractivity contribution in [2.45, 2.75) is 31.9 Å². The smallest absolute Gasteiger partial charge is 0.106 e. The summed E-state index contributed by atoms with van der Waals surface area (Å²) in [5.74, 6) is 0. The molecule has 2 aromatic heterocycles. The van der Waals surface area contributed by atoms with Gasteiger partial charge in [0.2, 0.25) is 0 Å². The third-order valence-corrected chi connectivity index (χ3v) is 4.76. The molecule has 0 saturated heterocycles. The summed E-state index contributed by atoms with van der Waals surface area (Å²) in [4.78, 5) is 5.19. The summed E-state index contributed by atoms with van der Waals surface area (Å²) in [6, 6.07) is 6.15. The summed E-state index contributed by atoms with van der Waals surface area (Å²) < 4.78 is 7.06. The van der Waals surface area contributed by atoms with Gasteiger partial charge in [-0.15, -0.1) is 11.3 Å².